The number of nitrogens with one attached hydrogen (secondary N) is 1. The van der Waals surface area contributed by atoms with Crippen LogP contribution in [-0.4, -0.2) is 6.04 Å². The normalized spacial score (nSPS) is 26.6. The first-order valence-electron chi connectivity index (χ1n) is 7.17. The van der Waals surface area contributed by atoms with Crippen LogP contribution < -0.4 is 5.32 Å². The zero-order valence-corrected chi connectivity index (χ0v) is 13.0. The van der Waals surface area contributed by atoms with Crippen molar-refractivity contribution in [2.75, 3.05) is 0 Å². The fraction of sp³-hybridized carbons (Fsp3) is 0.625. The van der Waals surface area contributed by atoms with Gasteiger partial charge in [-0.15, -0.1) is 0 Å². The van der Waals surface area contributed by atoms with Crippen LogP contribution in [0.2, 0.25) is 0 Å². The van der Waals surface area contributed by atoms with E-state index in [0.29, 0.717) is 12.1 Å². The first-order valence-corrected chi connectivity index (χ1v) is 7.96. The smallest absolute Gasteiger partial charge is 0.0305 e. The molecule has 0 radical (unpaired) electrons. The number of hydrogen-bond acceptors (Lipinski definition) is 1. The topological polar surface area (TPSA) is 12.0 Å². The summed E-state index contributed by atoms with van der Waals surface area (Å²) in [5.74, 6) is 0.913. The third-order valence-corrected chi connectivity index (χ3v) is 4.84. The SMILES string of the molecule is CC1CCCC(NC(C)c2ccccc2Br)CC1. The maximum atomic E-state index is 3.81. The molecule has 0 aromatic heterocycles. The minimum Gasteiger partial charge on any atom is -0.307 e. The predicted molar refractivity (Wildman–Crippen MR) is 81.7 cm³/mol. The summed E-state index contributed by atoms with van der Waals surface area (Å²) in [7, 11) is 0. The van der Waals surface area contributed by atoms with Crippen molar-refractivity contribution >= 4 is 15.9 Å². The van der Waals surface area contributed by atoms with Crippen LogP contribution in [0.1, 0.15) is 57.6 Å². The van der Waals surface area contributed by atoms with Gasteiger partial charge in [-0.2, -0.15) is 0 Å². The number of hydrogen-bond donors (Lipinski definition) is 1. The highest BCUT2D eigenvalue weighted by atomic mass is 79.9. The Hall–Kier alpha value is -0.340. The molecule has 100 valence electrons. The zero-order chi connectivity index (χ0) is 13.0. The Balaban J connectivity index is 1.94. The van der Waals surface area contributed by atoms with Gasteiger partial charge in [0.05, 0.1) is 0 Å². The van der Waals surface area contributed by atoms with Crippen LogP contribution in [-0.2, 0) is 0 Å². The molecule has 1 nitrogen and oxygen atoms in total. The second-order valence-corrected chi connectivity index (χ2v) is 6.57. The average Bonchev–Trinajstić information content (AvgIpc) is 2.55. The Kier molecular flexibility index (Phi) is 5.25. The quantitative estimate of drug-likeness (QED) is 0.769. The maximum absolute atomic E-state index is 3.81. The van der Waals surface area contributed by atoms with E-state index in [1.54, 1.807) is 0 Å². The number of rotatable bonds is 3. The van der Waals surface area contributed by atoms with E-state index in [1.165, 1.54) is 42.1 Å². The summed E-state index contributed by atoms with van der Waals surface area (Å²) in [6.07, 6.45) is 6.82. The number of halogens is 1. The average molecular weight is 310 g/mol. The van der Waals surface area contributed by atoms with Crippen LogP contribution in [0.3, 0.4) is 0 Å². The molecular formula is C16H24BrN. The minimum absolute atomic E-state index is 0.430. The van der Waals surface area contributed by atoms with Crippen LogP contribution in [0.5, 0.6) is 0 Å². The molecule has 0 heterocycles. The molecule has 2 heteroatoms. The van der Waals surface area contributed by atoms with Crippen molar-refractivity contribution < 1.29 is 0 Å². The Labute approximate surface area is 119 Å². The lowest BCUT2D eigenvalue weighted by atomic mass is 10.0. The van der Waals surface area contributed by atoms with Crippen molar-refractivity contribution in [1.82, 2.24) is 5.32 Å². The molecule has 1 saturated carbocycles. The lowest BCUT2D eigenvalue weighted by molar-refractivity contribution is 0.407. The lowest BCUT2D eigenvalue weighted by Gasteiger charge is -2.23. The molecule has 0 spiro atoms. The van der Waals surface area contributed by atoms with Gasteiger partial charge in [0, 0.05) is 16.6 Å². The largest absolute Gasteiger partial charge is 0.307 e. The van der Waals surface area contributed by atoms with Crippen LogP contribution >= 0.6 is 15.9 Å². The molecule has 0 saturated heterocycles. The molecule has 0 bridgehead atoms. The summed E-state index contributed by atoms with van der Waals surface area (Å²) in [5.41, 5.74) is 1.37. The van der Waals surface area contributed by atoms with Crippen molar-refractivity contribution in [1.29, 1.82) is 0 Å². The molecule has 1 aromatic rings. The van der Waals surface area contributed by atoms with E-state index in [-0.39, 0.29) is 0 Å². The lowest BCUT2D eigenvalue weighted by Crippen LogP contribution is -2.31. The molecule has 1 N–H and O–H groups in total. The molecule has 1 aromatic carbocycles. The summed E-state index contributed by atoms with van der Waals surface area (Å²) in [6.45, 7) is 4.66. The standard InChI is InChI=1S/C16H24BrN/c1-12-6-5-7-14(11-10-12)18-13(2)15-8-3-4-9-16(15)17/h3-4,8-9,12-14,18H,5-7,10-11H2,1-2H3. The summed E-state index contributed by atoms with van der Waals surface area (Å²) >= 11 is 3.65. The fourth-order valence-electron chi connectivity index (χ4n) is 2.92. The van der Waals surface area contributed by atoms with E-state index in [0.717, 1.165) is 5.92 Å². The van der Waals surface area contributed by atoms with Crippen molar-refractivity contribution in [3.05, 3.63) is 34.3 Å². The van der Waals surface area contributed by atoms with E-state index in [4.69, 9.17) is 0 Å². The molecule has 1 fully saturated rings. The van der Waals surface area contributed by atoms with E-state index < -0.39 is 0 Å². The Morgan fingerprint density at radius 2 is 1.94 bits per heavy atom. The Morgan fingerprint density at radius 3 is 2.72 bits per heavy atom. The molecule has 0 amide bonds. The molecule has 2 rings (SSSR count). The zero-order valence-electron chi connectivity index (χ0n) is 11.5. The van der Waals surface area contributed by atoms with Gasteiger partial charge in [0.25, 0.3) is 0 Å². The summed E-state index contributed by atoms with van der Waals surface area (Å²) in [4.78, 5) is 0. The van der Waals surface area contributed by atoms with E-state index in [2.05, 4.69) is 59.4 Å². The molecule has 18 heavy (non-hydrogen) atoms. The second-order valence-electron chi connectivity index (χ2n) is 5.72. The highest BCUT2D eigenvalue weighted by Gasteiger charge is 2.18. The van der Waals surface area contributed by atoms with Crippen LogP contribution in [0, 0.1) is 5.92 Å². The summed E-state index contributed by atoms with van der Waals surface area (Å²) < 4.78 is 1.21. The second kappa shape index (κ2) is 6.72. The van der Waals surface area contributed by atoms with Gasteiger partial charge in [0.1, 0.15) is 0 Å². The molecule has 1 aliphatic rings. The maximum Gasteiger partial charge on any atom is 0.0305 e. The van der Waals surface area contributed by atoms with Gasteiger partial charge in [-0.3, -0.25) is 0 Å². The minimum atomic E-state index is 0.430. The Morgan fingerprint density at radius 1 is 1.17 bits per heavy atom. The highest BCUT2D eigenvalue weighted by molar-refractivity contribution is 9.10. The van der Waals surface area contributed by atoms with E-state index in [9.17, 15) is 0 Å². The monoisotopic (exact) mass is 309 g/mol. The van der Waals surface area contributed by atoms with Gasteiger partial charge in [0.15, 0.2) is 0 Å². The highest BCUT2D eigenvalue weighted by Crippen LogP contribution is 2.27. The Bertz CT molecular complexity index is 377. The van der Waals surface area contributed by atoms with Gasteiger partial charge in [-0.25, -0.2) is 0 Å². The first-order chi connectivity index (χ1) is 8.66. The number of benzene rings is 1. The molecule has 3 unspecified atom stereocenters. The third-order valence-electron chi connectivity index (χ3n) is 4.11. The molecular weight excluding hydrogens is 286 g/mol. The predicted octanol–water partition coefficient (Wildman–Crippen LogP) is 5.07. The summed E-state index contributed by atoms with van der Waals surface area (Å²) in [6, 6.07) is 9.65. The van der Waals surface area contributed by atoms with Crippen LogP contribution in [0.4, 0.5) is 0 Å². The van der Waals surface area contributed by atoms with Gasteiger partial charge in [-0.05, 0) is 43.7 Å². The van der Waals surface area contributed by atoms with Gasteiger partial charge >= 0.3 is 0 Å². The fourth-order valence-corrected chi connectivity index (χ4v) is 3.55. The van der Waals surface area contributed by atoms with Crippen molar-refractivity contribution in [2.24, 2.45) is 5.92 Å². The van der Waals surface area contributed by atoms with Crippen molar-refractivity contribution in [3.63, 3.8) is 0 Å². The van der Waals surface area contributed by atoms with Gasteiger partial charge in [0.2, 0.25) is 0 Å². The molecule has 1 aliphatic carbocycles. The van der Waals surface area contributed by atoms with Crippen LogP contribution in [0.15, 0.2) is 28.7 Å². The van der Waals surface area contributed by atoms with Crippen molar-refractivity contribution in [3.8, 4) is 0 Å². The molecule has 0 aliphatic heterocycles. The first kappa shape index (κ1) is 14.1. The summed E-state index contributed by atoms with van der Waals surface area (Å²) in [5, 5.41) is 3.81. The van der Waals surface area contributed by atoms with E-state index >= 15 is 0 Å². The van der Waals surface area contributed by atoms with E-state index in [1.807, 2.05) is 0 Å². The van der Waals surface area contributed by atoms with Crippen molar-refractivity contribution in [2.45, 2.75) is 58.0 Å². The van der Waals surface area contributed by atoms with Gasteiger partial charge < -0.3 is 5.32 Å². The third kappa shape index (κ3) is 3.83. The molecule has 3 atom stereocenters. The van der Waals surface area contributed by atoms with Crippen LogP contribution in [0.25, 0.3) is 0 Å². The van der Waals surface area contributed by atoms with Gasteiger partial charge in [-0.1, -0.05) is 53.9 Å².